The van der Waals surface area contributed by atoms with E-state index in [-0.39, 0.29) is 35.4 Å². The summed E-state index contributed by atoms with van der Waals surface area (Å²) >= 11 is 0. The van der Waals surface area contributed by atoms with Crippen molar-refractivity contribution in [2.24, 2.45) is 23.7 Å². The molecule has 1 aliphatic rings. The lowest BCUT2D eigenvalue weighted by Crippen LogP contribution is -2.54. The van der Waals surface area contributed by atoms with E-state index in [1.165, 1.54) is 12.1 Å². The largest absolute Gasteiger partial charge is 0.493 e. The Balaban J connectivity index is 1.57. The minimum atomic E-state index is -0.585. The van der Waals surface area contributed by atoms with Crippen molar-refractivity contribution in [3.05, 3.63) is 77.8 Å². The third kappa shape index (κ3) is 10.8. The monoisotopic (exact) mass is 579 g/mol. The topological polar surface area (TPSA) is 79.5 Å². The van der Waals surface area contributed by atoms with Crippen LogP contribution in [-0.2, 0) is 22.4 Å². The van der Waals surface area contributed by atoms with Crippen LogP contribution in [-0.4, -0.2) is 37.0 Å². The molecule has 0 aromatic heterocycles. The molecule has 1 saturated carbocycles. The number of benzene rings is 2. The van der Waals surface area contributed by atoms with E-state index in [1.54, 1.807) is 6.07 Å². The molecule has 1 aliphatic carbocycles. The predicted molar refractivity (Wildman–Crippen MR) is 168 cm³/mol. The van der Waals surface area contributed by atoms with Crippen LogP contribution in [0.15, 0.2) is 60.8 Å². The van der Waals surface area contributed by atoms with Crippen molar-refractivity contribution in [2.45, 2.75) is 85.2 Å². The van der Waals surface area contributed by atoms with Crippen LogP contribution < -0.4 is 20.7 Å². The summed E-state index contributed by atoms with van der Waals surface area (Å²) in [5.74, 6) is 0.915. The van der Waals surface area contributed by atoms with Gasteiger partial charge in [-0.1, -0.05) is 84.4 Å². The van der Waals surface area contributed by atoms with Gasteiger partial charge < -0.3 is 20.7 Å². The molecule has 0 heterocycles. The fourth-order valence-electron chi connectivity index (χ4n) is 5.07. The highest BCUT2D eigenvalue weighted by Gasteiger charge is 2.33. The molecule has 0 aliphatic heterocycles. The highest BCUT2D eigenvalue weighted by molar-refractivity contribution is 5.90. The second-order valence-corrected chi connectivity index (χ2v) is 12.4. The van der Waals surface area contributed by atoms with Gasteiger partial charge in [-0.05, 0) is 78.7 Å². The van der Waals surface area contributed by atoms with Gasteiger partial charge in [-0.25, -0.2) is 4.39 Å². The Bertz CT molecular complexity index is 1180. The number of allylic oxidation sites excluding steroid dienone is 1. The molecule has 3 rings (SSSR count). The number of halogens is 1. The molecular formula is C35H50FN3O3. The Morgan fingerprint density at radius 3 is 2.40 bits per heavy atom. The molecule has 0 unspecified atom stereocenters. The van der Waals surface area contributed by atoms with E-state index >= 15 is 0 Å². The van der Waals surface area contributed by atoms with E-state index in [0.29, 0.717) is 37.6 Å². The fourth-order valence-corrected chi connectivity index (χ4v) is 5.07. The van der Waals surface area contributed by atoms with Gasteiger partial charge in [0.25, 0.3) is 0 Å². The van der Waals surface area contributed by atoms with E-state index < -0.39 is 12.1 Å². The summed E-state index contributed by atoms with van der Waals surface area (Å²) in [7, 11) is 0. The molecule has 6 nitrogen and oxygen atoms in total. The van der Waals surface area contributed by atoms with Gasteiger partial charge in [0.05, 0.1) is 6.61 Å². The smallest absolute Gasteiger partial charge is 0.243 e. The number of ether oxygens (including phenoxy) is 1. The summed E-state index contributed by atoms with van der Waals surface area (Å²) in [6.45, 7) is 15.5. The van der Waals surface area contributed by atoms with Gasteiger partial charge in [0.1, 0.15) is 23.7 Å². The van der Waals surface area contributed by atoms with Crippen molar-refractivity contribution in [1.29, 1.82) is 0 Å². The zero-order valence-electron chi connectivity index (χ0n) is 26.0. The Morgan fingerprint density at radius 2 is 1.74 bits per heavy atom. The number of carbonyl (C=O) groups excluding carboxylic acids is 2. The van der Waals surface area contributed by atoms with Crippen LogP contribution in [0.3, 0.4) is 0 Å². The van der Waals surface area contributed by atoms with Crippen molar-refractivity contribution in [2.75, 3.05) is 13.2 Å². The highest BCUT2D eigenvalue weighted by Crippen LogP contribution is 2.33. The third-order valence-corrected chi connectivity index (χ3v) is 7.84. The molecular weight excluding hydrogens is 529 g/mol. The van der Waals surface area contributed by atoms with Crippen molar-refractivity contribution >= 4 is 11.8 Å². The highest BCUT2D eigenvalue weighted by atomic mass is 19.1. The number of nitrogens with one attached hydrogen (secondary N) is 3. The van der Waals surface area contributed by atoms with Crippen LogP contribution in [0.4, 0.5) is 4.39 Å². The first-order valence-corrected chi connectivity index (χ1v) is 15.6. The summed E-state index contributed by atoms with van der Waals surface area (Å²) < 4.78 is 19.5. The van der Waals surface area contributed by atoms with Crippen molar-refractivity contribution in [3.63, 3.8) is 0 Å². The average molecular weight is 580 g/mol. The number of carbonyl (C=O) groups is 2. The molecule has 0 radical (unpaired) electrons. The minimum absolute atomic E-state index is 0.00889. The number of hydrogen-bond acceptors (Lipinski definition) is 4. The fraction of sp³-hybridized carbons (Fsp3) is 0.543. The SMILES string of the molecule is C=C(N[C@@H](C(=O)N[C@@H](CC1CC1)C(=O)NC[C@@H](C)Cc1ccccc1OCCC)C(C)C)[C@H](C)Cc1cccc(F)c1. The van der Waals surface area contributed by atoms with Crippen molar-refractivity contribution < 1.29 is 18.7 Å². The maximum atomic E-state index is 13.6. The van der Waals surface area contributed by atoms with Crippen LogP contribution in [0, 0.1) is 29.5 Å². The van der Waals surface area contributed by atoms with E-state index in [9.17, 15) is 14.0 Å². The molecule has 0 spiro atoms. The normalized spacial score (nSPS) is 15.8. The van der Waals surface area contributed by atoms with Crippen LogP contribution in [0.1, 0.15) is 71.4 Å². The van der Waals surface area contributed by atoms with Gasteiger partial charge in [0.15, 0.2) is 0 Å². The second kappa shape index (κ2) is 16.3. The zero-order chi connectivity index (χ0) is 30.6. The first-order valence-electron chi connectivity index (χ1n) is 15.6. The van der Waals surface area contributed by atoms with Gasteiger partial charge in [-0.3, -0.25) is 9.59 Å². The zero-order valence-corrected chi connectivity index (χ0v) is 26.0. The van der Waals surface area contributed by atoms with Gasteiger partial charge >= 0.3 is 0 Å². The first kappa shape index (κ1) is 33.2. The molecule has 2 aromatic rings. The van der Waals surface area contributed by atoms with E-state index in [1.807, 2.05) is 45.0 Å². The molecule has 230 valence electrons. The number of para-hydroxylation sites is 1. The van der Waals surface area contributed by atoms with Gasteiger partial charge in [0, 0.05) is 12.2 Å². The van der Waals surface area contributed by atoms with Crippen LogP contribution in [0.2, 0.25) is 0 Å². The molecule has 1 fully saturated rings. The summed E-state index contributed by atoms with van der Waals surface area (Å²) in [5.41, 5.74) is 2.73. The first-order chi connectivity index (χ1) is 20.1. The molecule has 0 saturated heterocycles. The van der Waals surface area contributed by atoms with Gasteiger partial charge in [-0.15, -0.1) is 0 Å². The summed E-state index contributed by atoms with van der Waals surface area (Å²) in [6.07, 6.45) is 5.16. The Kier molecular flexibility index (Phi) is 12.9. The van der Waals surface area contributed by atoms with E-state index in [4.69, 9.17) is 4.74 Å². The molecule has 2 aromatic carbocycles. The number of rotatable bonds is 18. The molecule has 3 N–H and O–H groups in total. The van der Waals surface area contributed by atoms with Crippen molar-refractivity contribution in [3.8, 4) is 5.75 Å². The lowest BCUT2D eigenvalue weighted by atomic mass is 9.96. The number of amides is 2. The standard InChI is InChI=1S/C35H50FN3O3/c1-7-17-42-32-14-9-8-12-29(32)18-24(4)22-37-34(40)31(21-27-15-16-27)39-35(41)33(23(2)3)38-26(6)25(5)19-28-11-10-13-30(36)20-28/h8-14,20,23-25,27,31,33,38H,6-7,15-19,21-22H2,1-5H3,(H,37,40)(H,39,41)/t24-,25+,31-,33+/m0/s1. The van der Waals surface area contributed by atoms with Gasteiger partial charge in [-0.2, -0.15) is 0 Å². The lowest BCUT2D eigenvalue weighted by Gasteiger charge is -2.28. The maximum Gasteiger partial charge on any atom is 0.243 e. The number of hydrogen-bond donors (Lipinski definition) is 3. The quantitative estimate of drug-likeness (QED) is 0.197. The maximum absolute atomic E-state index is 13.6. The Labute approximate surface area is 251 Å². The third-order valence-electron chi connectivity index (χ3n) is 7.84. The summed E-state index contributed by atoms with van der Waals surface area (Å²) in [4.78, 5) is 26.8. The summed E-state index contributed by atoms with van der Waals surface area (Å²) in [6, 6.07) is 13.5. The average Bonchev–Trinajstić information content (AvgIpc) is 3.77. The molecule has 42 heavy (non-hydrogen) atoms. The minimum Gasteiger partial charge on any atom is -0.493 e. The van der Waals surface area contributed by atoms with Crippen LogP contribution in [0.25, 0.3) is 0 Å². The Morgan fingerprint density at radius 1 is 1.00 bits per heavy atom. The molecule has 2 amide bonds. The summed E-state index contributed by atoms with van der Waals surface area (Å²) in [5, 5.41) is 9.47. The second-order valence-electron chi connectivity index (χ2n) is 12.4. The molecule has 0 bridgehead atoms. The molecule has 7 heteroatoms. The predicted octanol–water partition coefficient (Wildman–Crippen LogP) is 6.20. The van der Waals surface area contributed by atoms with E-state index in [0.717, 1.165) is 42.6 Å². The lowest BCUT2D eigenvalue weighted by molar-refractivity contribution is -0.130. The van der Waals surface area contributed by atoms with Crippen LogP contribution >= 0.6 is 0 Å². The van der Waals surface area contributed by atoms with Crippen molar-refractivity contribution in [1.82, 2.24) is 16.0 Å². The Hall–Kier alpha value is -3.35. The van der Waals surface area contributed by atoms with Crippen LogP contribution in [0.5, 0.6) is 5.75 Å². The van der Waals surface area contributed by atoms with Gasteiger partial charge in [0.2, 0.25) is 11.8 Å². The van der Waals surface area contributed by atoms with E-state index in [2.05, 4.69) is 42.4 Å². The molecule has 4 atom stereocenters.